The molecule has 0 amide bonds. The summed E-state index contributed by atoms with van der Waals surface area (Å²) in [7, 11) is 0. The molecule has 0 spiro atoms. The molecule has 0 saturated carbocycles. The summed E-state index contributed by atoms with van der Waals surface area (Å²) in [5.74, 6) is 1.65. The summed E-state index contributed by atoms with van der Waals surface area (Å²) >= 11 is 0. The number of ether oxygens (including phenoxy) is 1. The molecular weight excluding hydrogens is 274 g/mol. The predicted molar refractivity (Wildman–Crippen MR) is 90.2 cm³/mol. The van der Waals surface area contributed by atoms with Gasteiger partial charge in [-0.2, -0.15) is 0 Å². The standard InChI is InChI=1S/C19H23NO2/c1-2-3-8-16(13-14-20-21)17-9-7-12-19(15-17)22-18-10-5-4-6-11-18/h4-7,9-13,15,20-21H,2-3,8,14H2,1H3/b16-13+. The first-order chi connectivity index (χ1) is 10.8. The van der Waals surface area contributed by atoms with E-state index in [1.807, 2.05) is 54.6 Å². The zero-order valence-electron chi connectivity index (χ0n) is 13.0. The van der Waals surface area contributed by atoms with E-state index in [4.69, 9.17) is 9.94 Å². The van der Waals surface area contributed by atoms with E-state index in [1.165, 1.54) is 5.57 Å². The maximum absolute atomic E-state index is 8.82. The molecule has 0 heterocycles. The fourth-order valence-corrected chi connectivity index (χ4v) is 2.28. The highest BCUT2D eigenvalue weighted by Gasteiger charge is 2.04. The van der Waals surface area contributed by atoms with Crippen LogP contribution in [0.4, 0.5) is 0 Å². The average Bonchev–Trinajstić information content (AvgIpc) is 2.56. The Morgan fingerprint density at radius 1 is 1.09 bits per heavy atom. The fourth-order valence-electron chi connectivity index (χ4n) is 2.28. The van der Waals surface area contributed by atoms with Crippen LogP contribution in [0.15, 0.2) is 60.7 Å². The molecule has 0 fully saturated rings. The van der Waals surface area contributed by atoms with Crippen molar-refractivity contribution in [3.8, 4) is 11.5 Å². The van der Waals surface area contributed by atoms with Gasteiger partial charge < -0.3 is 9.94 Å². The molecule has 0 aliphatic heterocycles. The molecule has 0 aliphatic rings. The lowest BCUT2D eigenvalue weighted by Crippen LogP contribution is -2.06. The van der Waals surface area contributed by atoms with Gasteiger partial charge in [0.25, 0.3) is 0 Å². The normalized spacial score (nSPS) is 11.5. The van der Waals surface area contributed by atoms with Crippen LogP contribution >= 0.6 is 0 Å². The van der Waals surface area contributed by atoms with Gasteiger partial charge in [0.2, 0.25) is 0 Å². The summed E-state index contributed by atoms with van der Waals surface area (Å²) in [4.78, 5) is 0. The number of unbranched alkanes of at least 4 members (excludes halogenated alkanes) is 1. The Hall–Kier alpha value is -2.10. The average molecular weight is 297 g/mol. The van der Waals surface area contributed by atoms with Crippen molar-refractivity contribution in [1.82, 2.24) is 5.48 Å². The molecule has 0 aromatic heterocycles. The number of hydroxylamine groups is 1. The first-order valence-electron chi connectivity index (χ1n) is 7.73. The first kappa shape index (κ1) is 16.3. The largest absolute Gasteiger partial charge is 0.457 e. The molecule has 22 heavy (non-hydrogen) atoms. The van der Waals surface area contributed by atoms with Crippen molar-refractivity contribution in [1.29, 1.82) is 0 Å². The summed E-state index contributed by atoms with van der Waals surface area (Å²) in [6, 6.07) is 17.8. The predicted octanol–water partition coefficient (Wildman–Crippen LogP) is 5.03. The molecule has 0 unspecified atom stereocenters. The third-order valence-electron chi connectivity index (χ3n) is 3.42. The van der Waals surface area contributed by atoms with Crippen molar-refractivity contribution in [2.45, 2.75) is 26.2 Å². The number of rotatable bonds is 8. The van der Waals surface area contributed by atoms with Gasteiger partial charge in [-0.1, -0.05) is 49.8 Å². The molecule has 0 atom stereocenters. The van der Waals surface area contributed by atoms with E-state index < -0.39 is 0 Å². The second-order valence-corrected chi connectivity index (χ2v) is 5.14. The van der Waals surface area contributed by atoms with Gasteiger partial charge in [-0.3, -0.25) is 0 Å². The van der Waals surface area contributed by atoms with Crippen LogP contribution in [0.3, 0.4) is 0 Å². The van der Waals surface area contributed by atoms with Gasteiger partial charge in [0, 0.05) is 6.54 Å². The monoisotopic (exact) mass is 297 g/mol. The van der Waals surface area contributed by atoms with E-state index in [-0.39, 0.29) is 0 Å². The Morgan fingerprint density at radius 3 is 2.59 bits per heavy atom. The number of hydrogen-bond acceptors (Lipinski definition) is 3. The molecule has 116 valence electrons. The van der Waals surface area contributed by atoms with Gasteiger partial charge in [-0.15, -0.1) is 0 Å². The summed E-state index contributed by atoms with van der Waals surface area (Å²) in [5.41, 5.74) is 4.55. The Bertz CT molecular complexity index is 593. The van der Waals surface area contributed by atoms with E-state index >= 15 is 0 Å². The molecule has 0 bridgehead atoms. The number of hydrogen-bond donors (Lipinski definition) is 2. The second-order valence-electron chi connectivity index (χ2n) is 5.14. The number of allylic oxidation sites excluding steroid dienone is 1. The Balaban J connectivity index is 2.17. The van der Waals surface area contributed by atoms with Gasteiger partial charge in [0.15, 0.2) is 0 Å². The quantitative estimate of drug-likeness (QED) is 0.671. The Kier molecular flexibility index (Phi) is 6.68. The minimum Gasteiger partial charge on any atom is -0.457 e. The lowest BCUT2D eigenvalue weighted by Gasteiger charge is -2.11. The summed E-state index contributed by atoms with van der Waals surface area (Å²) in [5, 5.41) is 8.82. The van der Waals surface area contributed by atoms with Crippen molar-refractivity contribution in [3.63, 3.8) is 0 Å². The topological polar surface area (TPSA) is 41.5 Å². The zero-order valence-corrected chi connectivity index (χ0v) is 13.0. The van der Waals surface area contributed by atoms with Crippen LogP contribution in [-0.4, -0.2) is 11.8 Å². The number of benzene rings is 2. The highest BCUT2D eigenvalue weighted by Crippen LogP contribution is 2.27. The molecule has 0 radical (unpaired) electrons. The van der Waals surface area contributed by atoms with Crippen molar-refractivity contribution < 1.29 is 9.94 Å². The fraction of sp³-hybridized carbons (Fsp3) is 0.263. The van der Waals surface area contributed by atoms with Crippen LogP contribution in [0.25, 0.3) is 5.57 Å². The Morgan fingerprint density at radius 2 is 1.86 bits per heavy atom. The molecule has 0 saturated heterocycles. The number of para-hydroxylation sites is 1. The summed E-state index contributed by atoms with van der Waals surface area (Å²) in [6.45, 7) is 2.62. The highest BCUT2D eigenvalue weighted by molar-refractivity contribution is 5.67. The van der Waals surface area contributed by atoms with Crippen LogP contribution in [0, 0.1) is 0 Å². The molecular formula is C19H23NO2. The second kappa shape index (κ2) is 9.03. The van der Waals surface area contributed by atoms with Gasteiger partial charge in [0.05, 0.1) is 0 Å². The van der Waals surface area contributed by atoms with Gasteiger partial charge in [0.1, 0.15) is 11.5 Å². The minimum atomic E-state index is 0.447. The SMILES string of the molecule is CCCC/C(=C\CNO)c1cccc(Oc2ccccc2)c1. The summed E-state index contributed by atoms with van der Waals surface area (Å²) < 4.78 is 5.89. The van der Waals surface area contributed by atoms with E-state index in [1.54, 1.807) is 0 Å². The van der Waals surface area contributed by atoms with Crippen molar-refractivity contribution >= 4 is 5.57 Å². The van der Waals surface area contributed by atoms with Crippen LogP contribution in [0.1, 0.15) is 31.7 Å². The van der Waals surface area contributed by atoms with Crippen molar-refractivity contribution in [3.05, 3.63) is 66.2 Å². The van der Waals surface area contributed by atoms with E-state index in [9.17, 15) is 0 Å². The maximum Gasteiger partial charge on any atom is 0.128 e. The summed E-state index contributed by atoms with van der Waals surface area (Å²) in [6.07, 6.45) is 5.29. The van der Waals surface area contributed by atoms with Gasteiger partial charge in [-0.05, 0) is 48.2 Å². The molecule has 3 heteroatoms. The van der Waals surface area contributed by atoms with Crippen LogP contribution < -0.4 is 10.2 Å². The minimum absolute atomic E-state index is 0.447. The lowest BCUT2D eigenvalue weighted by molar-refractivity contribution is 0.179. The lowest BCUT2D eigenvalue weighted by atomic mass is 9.99. The van der Waals surface area contributed by atoms with Crippen molar-refractivity contribution in [2.75, 3.05) is 6.54 Å². The van der Waals surface area contributed by atoms with Crippen LogP contribution in [-0.2, 0) is 0 Å². The molecule has 2 aromatic carbocycles. The van der Waals surface area contributed by atoms with Gasteiger partial charge in [-0.25, -0.2) is 5.48 Å². The van der Waals surface area contributed by atoms with Gasteiger partial charge >= 0.3 is 0 Å². The molecule has 2 rings (SSSR count). The van der Waals surface area contributed by atoms with E-state index in [0.29, 0.717) is 6.54 Å². The maximum atomic E-state index is 8.82. The van der Waals surface area contributed by atoms with Crippen molar-refractivity contribution in [2.24, 2.45) is 0 Å². The zero-order chi connectivity index (χ0) is 15.6. The van der Waals surface area contributed by atoms with Crippen LogP contribution in [0.5, 0.6) is 11.5 Å². The number of nitrogens with one attached hydrogen (secondary N) is 1. The van der Waals surface area contributed by atoms with E-state index in [0.717, 1.165) is 36.3 Å². The molecule has 0 aliphatic carbocycles. The third kappa shape index (κ3) is 5.02. The molecule has 2 aromatic rings. The van der Waals surface area contributed by atoms with Crippen LogP contribution in [0.2, 0.25) is 0 Å². The smallest absolute Gasteiger partial charge is 0.128 e. The Labute approximate surface area is 132 Å². The molecule has 2 N–H and O–H groups in total. The molecule has 3 nitrogen and oxygen atoms in total. The third-order valence-corrected chi connectivity index (χ3v) is 3.42. The van der Waals surface area contributed by atoms with E-state index in [2.05, 4.69) is 18.5 Å². The first-order valence-corrected chi connectivity index (χ1v) is 7.73. The highest BCUT2D eigenvalue weighted by atomic mass is 16.5.